The van der Waals surface area contributed by atoms with Gasteiger partial charge in [0, 0.05) is 18.2 Å². The molecule has 0 amide bonds. The fourth-order valence-corrected chi connectivity index (χ4v) is 4.29. The number of thiazole rings is 1. The number of aromatic nitrogens is 1. The Bertz CT molecular complexity index is 747. The molecule has 0 bridgehead atoms. The summed E-state index contributed by atoms with van der Waals surface area (Å²) in [5.41, 5.74) is 0.315. The molecule has 2 aromatic rings. The number of nitrogens with one attached hydrogen (secondary N) is 1. The fourth-order valence-electron chi connectivity index (χ4n) is 1.50. The van der Waals surface area contributed by atoms with Gasteiger partial charge in [0.05, 0.1) is 5.69 Å². The third-order valence-corrected chi connectivity index (χ3v) is 5.71. The number of hydrogen-bond donors (Lipinski definition) is 1. The molecule has 0 saturated carbocycles. The first-order valence-corrected chi connectivity index (χ1v) is 8.04. The normalized spacial score (nSPS) is 11.8. The van der Waals surface area contributed by atoms with Crippen molar-refractivity contribution < 1.29 is 17.2 Å². The van der Waals surface area contributed by atoms with Crippen LogP contribution in [0.1, 0.15) is 11.3 Å². The first-order chi connectivity index (χ1) is 9.29. The standard InChI is InChI=1S/C11H9ClF2N2O2S2/c1-6-10(19-11(12)16-6)20(17,18)15-5-7-2-3-8(13)4-9(7)14/h2-4,15H,5H2,1H3. The Morgan fingerprint density at radius 3 is 2.65 bits per heavy atom. The molecule has 0 atom stereocenters. The molecule has 2 rings (SSSR count). The minimum atomic E-state index is -3.83. The number of nitrogens with zero attached hydrogens (tertiary/aromatic N) is 1. The molecule has 9 heteroatoms. The van der Waals surface area contributed by atoms with Crippen molar-refractivity contribution in [2.75, 3.05) is 0 Å². The summed E-state index contributed by atoms with van der Waals surface area (Å²) in [6, 6.07) is 2.93. The van der Waals surface area contributed by atoms with Crippen LogP contribution in [0.4, 0.5) is 8.78 Å². The van der Waals surface area contributed by atoms with Gasteiger partial charge in [-0.1, -0.05) is 29.0 Å². The summed E-state index contributed by atoms with van der Waals surface area (Å²) in [5.74, 6) is -1.54. The highest BCUT2D eigenvalue weighted by Crippen LogP contribution is 2.26. The predicted molar refractivity (Wildman–Crippen MR) is 72.2 cm³/mol. The number of aryl methyl sites for hydroxylation is 1. The smallest absolute Gasteiger partial charge is 0.229 e. The highest BCUT2D eigenvalue weighted by Gasteiger charge is 2.21. The largest absolute Gasteiger partial charge is 0.252 e. The van der Waals surface area contributed by atoms with Crippen molar-refractivity contribution in [2.24, 2.45) is 0 Å². The summed E-state index contributed by atoms with van der Waals surface area (Å²) < 4.78 is 52.5. The van der Waals surface area contributed by atoms with Gasteiger partial charge in [-0.25, -0.2) is 26.9 Å². The number of benzene rings is 1. The summed E-state index contributed by atoms with van der Waals surface area (Å²) in [6.07, 6.45) is 0. The Hall–Kier alpha value is -1.09. The summed E-state index contributed by atoms with van der Waals surface area (Å²) in [4.78, 5) is 3.80. The second-order valence-corrected chi connectivity index (χ2v) is 7.44. The van der Waals surface area contributed by atoms with E-state index in [4.69, 9.17) is 11.6 Å². The summed E-state index contributed by atoms with van der Waals surface area (Å²) in [7, 11) is -3.83. The lowest BCUT2D eigenvalue weighted by Crippen LogP contribution is -2.23. The molecule has 0 spiro atoms. The number of hydrogen-bond acceptors (Lipinski definition) is 4. The third-order valence-electron chi connectivity index (χ3n) is 2.44. The van der Waals surface area contributed by atoms with E-state index in [9.17, 15) is 17.2 Å². The molecule has 0 aliphatic rings. The van der Waals surface area contributed by atoms with Gasteiger partial charge in [0.2, 0.25) is 0 Å². The molecule has 4 nitrogen and oxygen atoms in total. The van der Waals surface area contributed by atoms with E-state index in [0.717, 1.165) is 17.4 Å². The van der Waals surface area contributed by atoms with E-state index >= 15 is 0 Å². The zero-order valence-corrected chi connectivity index (χ0v) is 12.5. The molecular weight excluding hydrogens is 330 g/mol. The van der Waals surface area contributed by atoms with Crippen LogP contribution in [0.2, 0.25) is 4.47 Å². The zero-order valence-electron chi connectivity index (χ0n) is 10.2. The Kier molecular flexibility index (Phi) is 4.38. The van der Waals surface area contributed by atoms with Gasteiger partial charge in [0.1, 0.15) is 11.6 Å². The Morgan fingerprint density at radius 2 is 2.10 bits per heavy atom. The van der Waals surface area contributed by atoms with Crippen molar-refractivity contribution in [3.63, 3.8) is 0 Å². The minimum absolute atomic E-state index is 0.0231. The van der Waals surface area contributed by atoms with Gasteiger partial charge in [-0.3, -0.25) is 0 Å². The van der Waals surface area contributed by atoms with Crippen molar-refractivity contribution in [3.8, 4) is 0 Å². The maximum absolute atomic E-state index is 13.4. The molecule has 0 fully saturated rings. The Balaban J connectivity index is 2.19. The maximum Gasteiger partial charge on any atom is 0.252 e. The average Bonchev–Trinajstić information content (AvgIpc) is 2.68. The van der Waals surface area contributed by atoms with Gasteiger partial charge >= 0.3 is 0 Å². The van der Waals surface area contributed by atoms with Crippen molar-refractivity contribution in [3.05, 3.63) is 45.6 Å². The lowest BCUT2D eigenvalue weighted by Gasteiger charge is -2.06. The first kappa shape index (κ1) is 15.3. The van der Waals surface area contributed by atoms with Crippen LogP contribution in [0.5, 0.6) is 0 Å². The van der Waals surface area contributed by atoms with Crippen LogP contribution >= 0.6 is 22.9 Å². The molecule has 1 heterocycles. The van der Waals surface area contributed by atoms with Gasteiger partial charge < -0.3 is 0 Å². The van der Waals surface area contributed by atoms with Gasteiger partial charge in [0.25, 0.3) is 10.0 Å². The van der Waals surface area contributed by atoms with E-state index < -0.39 is 21.7 Å². The molecule has 0 aliphatic heterocycles. The van der Waals surface area contributed by atoms with Crippen LogP contribution in [0.25, 0.3) is 0 Å². The van der Waals surface area contributed by atoms with Gasteiger partial charge in [-0.2, -0.15) is 0 Å². The number of sulfonamides is 1. The Morgan fingerprint density at radius 1 is 1.40 bits per heavy atom. The number of halogens is 3. The molecule has 1 aromatic heterocycles. The highest BCUT2D eigenvalue weighted by molar-refractivity contribution is 7.91. The first-order valence-electron chi connectivity index (χ1n) is 5.36. The van der Waals surface area contributed by atoms with Crippen LogP contribution in [0.3, 0.4) is 0 Å². The average molecular weight is 339 g/mol. The minimum Gasteiger partial charge on any atom is -0.229 e. The number of rotatable bonds is 4. The third kappa shape index (κ3) is 3.32. The second-order valence-electron chi connectivity index (χ2n) is 3.90. The molecule has 0 radical (unpaired) electrons. The monoisotopic (exact) mass is 338 g/mol. The molecule has 0 aliphatic carbocycles. The van der Waals surface area contributed by atoms with E-state index in [1.165, 1.54) is 13.0 Å². The molecular formula is C11H9ClF2N2O2S2. The van der Waals surface area contributed by atoms with Crippen LogP contribution in [-0.4, -0.2) is 13.4 Å². The van der Waals surface area contributed by atoms with E-state index in [0.29, 0.717) is 6.07 Å². The van der Waals surface area contributed by atoms with Gasteiger partial charge in [0.15, 0.2) is 8.68 Å². The maximum atomic E-state index is 13.4. The highest BCUT2D eigenvalue weighted by atomic mass is 35.5. The SMILES string of the molecule is Cc1nc(Cl)sc1S(=O)(=O)NCc1ccc(F)cc1F. The van der Waals surface area contributed by atoms with E-state index in [1.54, 1.807) is 0 Å². The lowest BCUT2D eigenvalue weighted by atomic mass is 10.2. The molecule has 1 aromatic carbocycles. The van der Waals surface area contributed by atoms with Crippen LogP contribution in [-0.2, 0) is 16.6 Å². The van der Waals surface area contributed by atoms with Crippen molar-refractivity contribution in [2.45, 2.75) is 17.7 Å². The van der Waals surface area contributed by atoms with Crippen molar-refractivity contribution >= 4 is 33.0 Å². The molecule has 20 heavy (non-hydrogen) atoms. The topological polar surface area (TPSA) is 59.1 Å². The second kappa shape index (κ2) is 5.72. The van der Waals surface area contributed by atoms with Crippen LogP contribution in [0.15, 0.2) is 22.4 Å². The predicted octanol–water partition coefficient (Wildman–Crippen LogP) is 2.86. The summed E-state index contributed by atoms with van der Waals surface area (Å²) in [6.45, 7) is 1.22. The Labute approximate surface area is 123 Å². The molecule has 1 N–H and O–H groups in total. The summed E-state index contributed by atoms with van der Waals surface area (Å²) in [5, 5.41) is 0. The van der Waals surface area contributed by atoms with E-state index in [1.807, 2.05) is 0 Å². The van der Waals surface area contributed by atoms with Crippen molar-refractivity contribution in [1.29, 1.82) is 0 Å². The zero-order chi connectivity index (χ0) is 14.9. The fraction of sp³-hybridized carbons (Fsp3) is 0.182. The van der Waals surface area contributed by atoms with E-state index in [2.05, 4.69) is 9.71 Å². The molecule has 0 unspecified atom stereocenters. The summed E-state index contributed by atoms with van der Waals surface area (Å²) >= 11 is 6.46. The van der Waals surface area contributed by atoms with Gasteiger partial charge in [-0.15, -0.1) is 0 Å². The molecule has 0 saturated heterocycles. The quantitative estimate of drug-likeness (QED) is 0.932. The van der Waals surface area contributed by atoms with Crippen LogP contribution < -0.4 is 4.72 Å². The molecule has 108 valence electrons. The lowest BCUT2D eigenvalue weighted by molar-refractivity contribution is 0.563. The van der Waals surface area contributed by atoms with Crippen molar-refractivity contribution in [1.82, 2.24) is 9.71 Å². The van der Waals surface area contributed by atoms with Crippen LogP contribution in [0, 0.1) is 18.6 Å². The van der Waals surface area contributed by atoms with E-state index in [-0.39, 0.29) is 26.5 Å². The van der Waals surface area contributed by atoms with Gasteiger partial charge in [-0.05, 0) is 13.0 Å².